The lowest BCUT2D eigenvalue weighted by Gasteiger charge is -2.23. The molecule has 1 aliphatic heterocycles. The van der Waals surface area contributed by atoms with Crippen LogP contribution in [-0.2, 0) is 6.54 Å². The molecule has 130 valence electrons. The third-order valence-electron chi connectivity index (χ3n) is 4.61. The number of hydrogen-bond donors (Lipinski definition) is 2. The van der Waals surface area contributed by atoms with Gasteiger partial charge in [-0.25, -0.2) is 4.98 Å². The van der Waals surface area contributed by atoms with Gasteiger partial charge in [0.05, 0.1) is 6.20 Å². The van der Waals surface area contributed by atoms with Gasteiger partial charge in [-0.05, 0) is 43.6 Å². The molecule has 1 aliphatic rings. The number of nitrogens with one attached hydrogen (secondary N) is 2. The van der Waals surface area contributed by atoms with Crippen LogP contribution in [0.2, 0.25) is 10.0 Å². The summed E-state index contributed by atoms with van der Waals surface area (Å²) in [5.41, 5.74) is 2.98. The molecule has 3 heterocycles. The third-order valence-corrected chi connectivity index (χ3v) is 5.20. The smallest absolute Gasteiger partial charge is 0.157 e. The highest BCUT2D eigenvalue weighted by Gasteiger charge is 2.18. The highest BCUT2D eigenvalue weighted by Crippen LogP contribution is 2.27. The van der Waals surface area contributed by atoms with Crippen molar-refractivity contribution in [2.24, 2.45) is 0 Å². The van der Waals surface area contributed by atoms with Gasteiger partial charge in [0.2, 0.25) is 0 Å². The Balaban J connectivity index is 1.62. The summed E-state index contributed by atoms with van der Waals surface area (Å²) in [5.74, 6) is 1.41. The second-order valence-electron chi connectivity index (χ2n) is 6.28. The Morgan fingerprint density at radius 3 is 2.80 bits per heavy atom. The monoisotopic (exact) mass is 375 g/mol. The van der Waals surface area contributed by atoms with Crippen LogP contribution in [0.3, 0.4) is 0 Å². The van der Waals surface area contributed by atoms with Crippen molar-refractivity contribution in [3.63, 3.8) is 0 Å². The number of nitrogens with zero attached hydrogens (tertiary/aromatic N) is 3. The van der Waals surface area contributed by atoms with E-state index in [9.17, 15) is 0 Å². The normalized spacial score (nSPS) is 15.6. The summed E-state index contributed by atoms with van der Waals surface area (Å²) in [6.07, 6.45) is 3.99. The van der Waals surface area contributed by atoms with Crippen LogP contribution in [0.25, 0.3) is 5.65 Å². The van der Waals surface area contributed by atoms with E-state index < -0.39 is 0 Å². The van der Waals surface area contributed by atoms with Crippen LogP contribution in [0.5, 0.6) is 0 Å². The molecule has 0 unspecified atom stereocenters. The van der Waals surface area contributed by atoms with E-state index in [0.29, 0.717) is 22.5 Å². The van der Waals surface area contributed by atoms with Crippen LogP contribution in [0.15, 0.2) is 36.5 Å². The minimum atomic E-state index is 0.487. The molecule has 3 aromatic rings. The molecule has 7 heteroatoms. The predicted octanol–water partition coefficient (Wildman–Crippen LogP) is 4.12. The Morgan fingerprint density at radius 2 is 2.00 bits per heavy atom. The zero-order chi connectivity index (χ0) is 17.2. The molecule has 1 fully saturated rings. The Kier molecular flexibility index (Phi) is 4.79. The molecule has 2 N–H and O–H groups in total. The first kappa shape index (κ1) is 16.6. The molecule has 4 rings (SSSR count). The van der Waals surface area contributed by atoms with E-state index >= 15 is 0 Å². The van der Waals surface area contributed by atoms with Crippen molar-refractivity contribution in [3.8, 4) is 0 Å². The molecule has 0 bridgehead atoms. The Hall–Kier alpha value is -1.82. The van der Waals surface area contributed by atoms with Gasteiger partial charge in [0.1, 0.15) is 5.82 Å². The van der Waals surface area contributed by atoms with E-state index in [1.165, 1.54) is 0 Å². The second-order valence-corrected chi connectivity index (χ2v) is 7.12. The van der Waals surface area contributed by atoms with Gasteiger partial charge in [0.25, 0.3) is 0 Å². The zero-order valence-electron chi connectivity index (χ0n) is 13.7. The van der Waals surface area contributed by atoms with Crippen LogP contribution in [-0.4, -0.2) is 27.7 Å². The maximum atomic E-state index is 6.28. The number of benzene rings is 1. The fourth-order valence-electron chi connectivity index (χ4n) is 3.24. The molecule has 0 aliphatic carbocycles. The Labute approximate surface area is 156 Å². The van der Waals surface area contributed by atoms with Gasteiger partial charge in [-0.1, -0.05) is 29.3 Å². The fourth-order valence-corrected chi connectivity index (χ4v) is 3.71. The van der Waals surface area contributed by atoms with Crippen LogP contribution < -0.4 is 10.6 Å². The lowest BCUT2D eigenvalue weighted by atomic mass is 9.94. The van der Waals surface area contributed by atoms with Crippen molar-refractivity contribution in [1.29, 1.82) is 0 Å². The van der Waals surface area contributed by atoms with Gasteiger partial charge in [-0.2, -0.15) is 9.61 Å². The van der Waals surface area contributed by atoms with Crippen molar-refractivity contribution in [3.05, 3.63) is 57.8 Å². The third kappa shape index (κ3) is 3.59. The number of fused-ring (bicyclic) bond motifs is 1. The lowest BCUT2D eigenvalue weighted by molar-refractivity contribution is 0.453. The zero-order valence-corrected chi connectivity index (χ0v) is 15.2. The van der Waals surface area contributed by atoms with Gasteiger partial charge in [0.15, 0.2) is 5.65 Å². The average molecular weight is 376 g/mol. The van der Waals surface area contributed by atoms with Crippen molar-refractivity contribution >= 4 is 34.7 Å². The number of piperidine rings is 1. The van der Waals surface area contributed by atoms with E-state index in [2.05, 4.69) is 21.8 Å². The number of anilines is 1. The van der Waals surface area contributed by atoms with E-state index in [0.717, 1.165) is 48.7 Å². The standard InChI is InChI=1S/C18H19Cl2N5/c19-14-2-1-13(15(20)9-14)11-22-18-10-16(12-3-6-21-7-4-12)24-17-5-8-23-25(17)18/h1-2,5,8-10,12,21-22H,3-4,6-7,11H2. The molecule has 0 amide bonds. The number of halogens is 2. The van der Waals surface area contributed by atoms with Crippen molar-refractivity contribution < 1.29 is 0 Å². The summed E-state index contributed by atoms with van der Waals surface area (Å²) in [6, 6.07) is 9.59. The minimum absolute atomic E-state index is 0.487. The topological polar surface area (TPSA) is 54.2 Å². The SMILES string of the molecule is Clc1ccc(CNc2cc(C3CCNCC3)nc3ccnn23)c(Cl)c1. The number of hydrogen-bond acceptors (Lipinski definition) is 4. The lowest BCUT2D eigenvalue weighted by Crippen LogP contribution is -2.27. The maximum absolute atomic E-state index is 6.28. The summed E-state index contributed by atoms with van der Waals surface area (Å²) in [7, 11) is 0. The first-order chi connectivity index (χ1) is 12.2. The van der Waals surface area contributed by atoms with Gasteiger partial charge in [-0.3, -0.25) is 0 Å². The molecule has 0 atom stereocenters. The largest absolute Gasteiger partial charge is 0.366 e. The second kappa shape index (κ2) is 7.20. The van der Waals surface area contributed by atoms with Gasteiger partial charge in [0, 0.05) is 40.3 Å². The molecular formula is C18H19Cl2N5. The molecule has 25 heavy (non-hydrogen) atoms. The van der Waals surface area contributed by atoms with Crippen LogP contribution in [0.4, 0.5) is 5.82 Å². The minimum Gasteiger partial charge on any atom is -0.366 e. The van der Waals surface area contributed by atoms with E-state index in [-0.39, 0.29) is 0 Å². The summed E-state index contributed by atoms with van der Waals surface area (Å²) < 4.78 is 1.83. The fraction of sp³-hybridized carbons (Fsp3) is 0.333. The van der Waals surface area contributed by atoms with E-state index in [4.69, 9.17) is 28.2 Å². The maximum Gasteiger partial charge on any atom is 0.157 e. The quantitative estimate of drug-likeness (QED) is 0.720. The molecule has 0 spiro atoms. The first-order valence-corrected chi connectivity index (χ1v) is 9.19. The van der Waals surface area contributed by atoms with Gasteiger partial charge < -0.3 is 10.6 Å². The van der Waals surface area contributed by atoms with Gasteiger partial charge in [-0.15, -0.1) is 0 Å². The molecule has 0 radical (unpaired) electrons. The van der Waals surface area contributed by atoms with E-state index in [1.54, 1.807) is 12.3 Å². The van der Waals surface area contributed by atoms with Crippen molar-refractivity contribution in [2.45, 2.75) is 25.3 Å². The summed E-state index contributed by atoms with van der Waals surface area (Å²) >= 11 is 12.3. The van der Waals surface area contributed by atoms with Crippen molar-refractivity contribution in [2.75, 3.05) is 18.4 Å². The van der Waals surface area contributed by atoms with E-state index in [1.807, 2.05) is 22.7 Å². The molecule has 0 saturated carbocycles. The molecular weight excluding hydrogens is 357 g/mol. The Bertz CT molecular complexity index is 886. The summed E-state index contributed by atoms with van der Waals surface area (Å²) in [5, 5.41) is 12.5. The molecule has 5 nitrogen and oxygen atoms in total. The Morgan fingerprint density at radius 1 is 1.16 bits per heavy atom. The van der Waals surface area contributed by atoms with Crippen molar-refractivity contribution in [1.82, 2.24) is 19.9 Å². The number of rotatable bonds is 4. The summed E-state index contributed by atoms with van der Waals surface area (Å²) in [6.45, 7) is 2.68. The van der Waals surface area contributed by atoms with Crippen LogP contribution in [0, 0.1) is 0 Å². The molecule has 2 aromatic heterocycles. The highest BCUT2D eigenvalue weighted by molar-refractivity contribution is 6.35. The van der Waals surface area contributed by atoms with Gasteiger partial charge >= 0.3 is 0 Å². The average Bonchev–Trinajstić information content (AvgIpc) is 3.10. The van der Waals surface area contributed by atoms with Crippen LogP contribution in [0.1, 0.15) is 30.0 Å². The molecule has 1 saturated heterocycles. The predicted molar refractivity (Wildman–Crippen MR) is 102 cm³/mol. The van der Waals surface area contributed by atoms with Crippen LogP contribution >= 0.6 is 23.2 Å². The molecule has 1 aromatic carbocycles. The first-order valence-electron chi connectivity index (χ1n) is 8.44. The summed E-state index contributed by atoms with van der Waals surface area (Å²) in [4.78, 5) is 4.79. The highest BCUT2D eigenvalue weighted by atomic mass is 35.5. The number of aromatic nitrogens is 3.